The zero-order valence-corrected chi connectivity index (χ0v) is 11.8. The van der Waals surface area contributed by atoms with Crippen LogP contribution in [0.2, 0.25) is 0 Å². The van der Waals surface area contributed by atoms with Gasteiger partial charge in [0.25, 0.3) is 5.91 Å². The maximum absolute atomic E-state index is 12.6. The first-order chi connectivity index (χ1) is 9.66. The number of amides is 1. The van der Waals surface area contributed by atoms with Crippen LogP contribution in [0.1, 0.15) is 26.3 Å². The van der Waals surface area contributed by atoms with Crippen molar-refractivity contribution in [3.8, 4) is 5.75 Å². The Labute approximate surface area is 120 Å². The van der Waals surface area contributed by atoms with E-state index in [-0.39, 0.29) is 11.7 Å². The Bertz CT molecular complexity index is 677. The number of para-hydroxylation sites is 2. The number of benzene rings is 1. The monoisotopic (exact) mass is 287 g/mol. The van der Waals surface area contributed by atoms with Crippen molar-refractivity contribution in [2.45, 2.75) is 6.92 Å². The maximum Gasteiger partial charge on any atom is 0.268 e. The fraction of sp³-hybridized carbons (Fsp3) is 0.200. The van der Waals surface area contributed by atoms with Crippen LogP contribution in [0, 0.1) is 0 Å². The quantitative estimate of drug-likeness (QED) is 0.798. The molecular weight excluding hydrogens is 274 g/mol. The molecule has 1 aromatic heterocycles. The Morgan fingerprint density at radius 1 is 1.15 bits per heavy atom. The van der Waals surface area contributed by atoms with Crippen LogP contribution in [0.3, 0.4) is 0 Å². The molecule has 2 heterocycles. The van der Waals surface area contributed by atoms with E-state index in [1.54, 1.807) is 17.0 Å². The number of Topliss-reactive ketones (excluding diaryl/α,β-unsaturated/α-hetero) is 1. The number of ketones is 1. The molecule has 0 aliphatic carbocycles. The predicted octanol–water partition coefficient (Wildman–Crippen LogP) is 2.99. The molecule has 0 saturated carbocycles. The highest BCUT2D eigenvalue weighted by atomic mass is 32.1. The van der Waals surface area contributed by atoms with Crippen LogP contribution in [0.15, 0.2) is 36.4 Å². The molecule has 1 aromatic carbocycles. The Kier molecular flexibility index (Phi) is 3.28. The molecule has 0 atom stereocenters. The van der Waals surface area contributed by atoms with Crippen LogP contribution in [0.5, 0.6) is 5.75 Å². The van der Waals surface area contributed by atoms with Crippen LogP contribution in [0.25, 0.3) is 0 Å². The lowest BCUT2D eigenvalue weighted by Crippen LogP contribution is -2.37. The molecule has 1 aliphatic rings. The fourth-order valence-electron chi connectivity index (χ4n) is 2.16. The summed E-state index contributed by atoms with van der Waals surface area (Å²) in [7, 11) is 0. The van der Waals surface area contributed by atoms with Crippen molar-refractivity contribution in [1.82, 2.24) is 0 Å². The van der Waals surface area contributed by atoms with Gasteiger partial charge in [-0.2, -0.15) is 0 Å². The Morgan fingerprint density at radius 3 is 2.65 bits per heavy atom. The van der Waals surface area contributed by atoms with Gasteiger partial charge in [0.2, 0.25) is 0 Å². The topological polar surface area (TPSA) is 46.6 Å². The van der Waals surface area contributed by atoms with Gasteiger partial charge < -0.3 is 9.64 Å². The van der Waals surface area contributed by atoms with Gasteiger partial charge in [-0.25, -0.2) is 0 Å². The molecule has 1 amide bonds. The second kappa shape index (κ2) is 5.09. The summed E-state index contributed by atoms with van der Waals surface area (Å²) in [6.07, 6.45) is 0. The molecule has 0 radical (unpaired) electrons. The smallest absolute Gasteiger partial charge is 0.268 e. The lowest BCUT2D eigenvalue weighted by molar-refractivity contribution is 0.0979. The molecule has 0 spiro atoms. The molecule has 102 valence electrons. The van der Waals surface area contributed by atoms with Crippen molar-refractivity contribution in [2.24, 2.45) is 0 Å². The van der Waals surface area contributed by atoms with Gasteiger partial charge in [0, 0.05) is 0 Å². The Hall–Kier alpha value is -2.14. The SMILES string of the molecule is CC(=O)c1ccc(C(=O)N2CCOc3ccccc32)s1. The Balaban J connectivity index is 1.93. The minimum absolute atomic E-state index is 0.0172. The van der Waals surface area contributed by atoms with Gasteiger partial charge in [-0.1, -0.05) is 12.1 Å². The third-order valence-electron chi connectivity index (χ3n) is 3.14. The molecule has 0 unspecified atom stereocenters. The number of anilines is 1. The third-order valence-corrected chi connectivity index (χ3v) is 4.31. The average molecular weight is 287 g/mol. The standard InChI is InChI=1S/C15H13NO3S/c1-10(17)13-6-7-14(20-13)15(18)16-8-9-19-12-5-3-2-4-11(12)16/h2-7H,8-9H2,1H3. The second-order valence-corrected chi connectivity index (χ2v) is 5.58. The lowest BCUT2D eigenvalue weighted by atomic mass is 10.2. The first-order valence-electron chi connectivity index (χ1n) is 6.31. The van der Waals surface area contributed by atoms with Gasteiger partial charge >= 0.3 is 0 Å². The van der Waals surface area contributed by atoms with Crippen LogP contribution >= 0.6 is 11.3 Å². The molecule has 0 N–H and O–H groups in total. The van der Waals surface area contributed by atoms with Crippen molar-refractivity contribution in [3.63, 3.8) is 0 Å². The highest BCUT2D eigenvalue weighted by Crippen LogP contribution is 2.32. The molecule has 0 fully saturated rings. The zero-order valence-electron chi connectivity index (χ0n) is 11.0. The normalized spacial score (nSPS) is 13.6. The molecule has 2 aromatic rings. The minimum Gasteiger partial charge on any atom is -0.490 e. The van der Waals surface area contributed by atoms with Crippen molar-refractivity contribution in [3.05, 3.63) is 46.2 Å². The summed E-state index contributed by atoms with van der Waals surface area (Å²) in [6.45, 7) is 2.50. The van der Waals surface area contributed by atoms with Crippen LogP contribution in [0.4, 0.5) is 5.69 Å². The fourth-order valence-corrected chi connectivity index (χ4v) is 3.01. The summed E-state index contributed by atoms with van der Waals surface area (Å²) in [5, 5.41) is 0. The number of nitrogens with zero attached hydrogens (tertiary/aromatic N) is 1. The average Bonchev–Trinajstić information content (AvgIpc) is 2.96. The summed E-state index contributed by atoms with van der Waals surface area (Å²) in [5.74, 6) is 0.616. The van der Waals surface area contributed by atoms with E-state index in [0.29, 0.717) is 22.9 Å². The summed E-state index contributed by atoms with van der Waals surface area (Å²) in [5.41, 5.74) is 0.779. The highest BCUT2D eigenvalue weighted by molar-refractivity contribution is 7.16. The van der Waals surface area contributed by atoms with Gasteiger partial charge in [-0.3, -0.25) is 9.59 Å². The Morgan fingerprint density at radius 2 is 1.90 bits per heavy atom. The van der Waals surface area contributed by atoms with E-state index in [4.69, 9.17) is 4.74 Å². The molecule has 3 rings (SSSR count). The van der Waals surface area contributed by atoms with Crippen molar-refractivity contribution in [1.29, 1.82) is 0 Å². The van der Waals surface area contributed by atoms with Gasteiger partial charge in [0.15, 0.2) is 5.78 Å². The van der Waals surface area contributed by atoms with Crippen LogP contribution in [-0.4, -0.2) is 24.8 Å². The van der Waals surface area contributed by atoms with Gasteiger partial charge in [0.05, 0.1) is 22.0 Å². The first kappa shape index (κ1) is 12.9. The van der Waals surface area contributed by atoms with E-state index in [2.05, 4.69) is 0 Å². The van der Waals surface area contributed by atoms with Gasteiger partial charge in [-0.15, -0.1) is 11.3 Å². The van der Waals surface area contributed by atoms with E-state index < -0.39 is 0 Å². The number of ether oxygens (including phenoxy) is 1. The minimum atomic E-state index is -0.0850. The summed E-state index contributed by atoms with van der Waals surface area (Å²) >= 11 is 1.24. The van der Waals surface area contributed by atoms with E-state index in [1.807, 2.05) is 24.3 Å². The van der Waals surface area contributed by atoms with E-state index in [9.17, 15) is 9.59 Å². The van der Waals surface area contributed by atoms with Crippen LogP contribution < -0.4 is 9.64 Å². The maximum atomic E-state index is 12.6. The number of hydrogen-bond donors (Lipinski definition) is 0. The van der Waals surface area contributed by atoms with E-state index in [0.717, 1.165) is 11.4 Å². The molecule has 5 heteroatoms. The summed E-state index contributed by atoms with van der Waals surface area (Å²) in [6, 6.07) is 10.9. The highest BCUT2D eigenvalue weighted by Gasteiger charge is 2.25. The zero-order chi connectivity index (χ0) is 14.1. The lowest BCUT2D eigenvalue weighted by Gasteiger charge is -2.29. The van der Waals surface area contributed by atoms with Crippen molar-refractivity contribution >= 4 is 28.7 Å². The van der Waals surface area contributed by atoms with Gasteiger partial charge in [-0.05, 0) is 31.2 Å². The van der Waals surface area contributed by atoms with E-state index >= 15 is 0 Å². The van der Waals surface area contributed by atoms with Gasteiger partial charge in [0.1, 0.15) is 12.4 Å². The number of fused-ring (bicyclic) bond motifs is 1. The molecule has 0 saturated heterocycles. The van der Waals surface area contributed by atoms with E-state index in [1.165, 1.54) is 18.3 Å². The summed E-state index contributed by atoms with van der Waals surface area (Å²) < 4.78 is 5.54. The third kappa shape index (κ3) is 2.20. The number of carbonyl (C=O) groups excluding carboxylic acids is 2. The molecule has 1 aliphatic heterocycles. The molecule has 0 bridgehead atoms. The number of hydrogen-bond acceptors (Lipinski definition) is 4. The largest absolute Gasteiger partial charge is 0.490 e. The predicted molar refractivity (Wildman–Crippen MR) is 77.9 cm³/mol. The molecule has 4 nitrogen and oxygen atoms in total. The molecule has 20 heavy (non-hydrogen) atoms. The summed E-state index contributed by atoms with van der Waals surface area (Å²) in [4.78, 5) is 26.8. The van der Waals surface area contributed by atoms with Crippen molar-refractivity contribution in [2.75, 3.05) is 18.1 Å². The number of thiophene rings is 1. The second-order valence-electron chi connectivity index (χ2n) is 4.49. The number of carbonyl (C=O) groups is 2. The number of rotatable bonds is 2. The van der Waals surface area contributed by atoms with Crippen LogP contribution in [-0.2, 0) is 0 Å². The first-order valence-corrected chi connectivity index (χ1v) is 7.13. The van der Waals surface area contributed by atoms with Crippen molar-refractivity contribution < 1.29 is 14.3 Å². The molecular formula is C15H13NO3S.